The normalized spacial score (nSPS) is 23.4. The van der Waals surface area contributed by atoms with Crippen molar-refractivity contribution in [3.63, 3.8) is 0 Å². The van der Waals surface area contributed by atoms with E-state index in [-0.39, 0.29) is 12.2 Å². The summed E-state index contributed by atoms with van der Waals surface area (Å²) < 4.78 is 34.9. The predicted molar refractivity (Wildman–Crippen MR) is 123 cm³/mol. The van der Waals surface area contributed by atoms with Gasteiger partial charge in [0, 0.05) is 25.3 Å². The van der Waals surface area contributed by atoms with Crippen LogP contribution < -0.4 is 4.74 Å². The number of carbonyl (C=O) groups is 1. The Labute approximate surface area is 190 Å². The van der Waals surface area contributed by atoms with Crippen LogP contribution in [0.2, 0.25) is 0 Å². The van der Waals surface area contributed by atoms with Crippen molar-refractivity contribution in [2.24, 2.45) is 17.8 Å². The molecule has 6 nitrogen and oxygen atoms in total. The number of nitrogens with zero attached hydrogens (tertiary/aromatic N) is 1. The number of hydrogen-bond acceptors (Lipinski definition) is 5. The van der Waals surface area contributed by atoms with Crippen LogP contribution in [0.5, 0.6) is 5.75 Å². The Bertz CT molecular complexity index is 1070. The minimum Gasteiger partial charge on any atom is -0.490 e. The zero-order chi connectivity index (χ0) is 23.3. The number of ether oxygens (including phenoxy) is 2. The van der Waals surface area contributed by atoms with E-state index in [1.165, 1.54) is 6.26 Å². The highest BCUT2D eigenvalue weighted by molar-refractivity contribution is 7.90. The molecule has 0 bridgehead atoms. The number of rotatable bonds is 5. The second-order valence-corrected chi connectivity index (χ2v) is 12.0. The molecule has 0 aromatic heterocycles. The molecule has 1 amide bonds. The Morgan fingerprint density at radius 3 is 1.94 bits per heavy atom. The van der Waals surface area contributed by atoms with Gasteiger partial charge in [-0.1, -0.05) is 24.3 Å². The van der Waals surface area contributed by atoms with Gasteiger partial charge in [-0.05, 0) is 74.9 Å². The Morgan fingerprint density at radius 2 is 1.47 bits per heavy atom. The van der Waals surface area contributed by atoms with Crippen LogP contribution >= 0.6 is 0 Å². The summed E-state index contributed by atoms with van der Waals surface area (Å²) in [5.74, 6) is 2.22. The lowest BCUT2D eigenvalue weighted by molar-refractivity contribution is 0.0251. The van der Waals surface area contributed by atoms with Crippen molar-refractivity contribution in [2.45, 2.75) is 44.3 Å². The van der Waals surface area contributed by atoms with E-state index < -0.39 is 15.4 Å². The molecule has 0 spiro atoms. The number of sulfone groups is 1. The molecule has 2 unspecified atom stereocenters. The second kappa shape index (κ2) is 8.10. The molecule has 1 heterocycles. The number of amides is 1. The predicted octanol–water partition coefficient (Wildman–Crippen LogP) is 4.64. The van der Waals surface area contributed by atoms with E-state index in [9.17, 15) is 13.2 Å². The topological polar surface area (TPSA) is 72.9 Å². The molecule has 1 saturated carbocycles. The highest BCUT2D eigenvalue weighted by Crippen LogP contribution is 2.54. The summed E-state index contributed by atoms with van der Waals surface area (Å²) >= 11 is 0. The van der Waals surface area contributed by atoms with Crippen molar-refractivity contribution in [3.8, 4) is 16.9 Å². The molecule has 2 fully saturated rings. The zero-order valence-electron chi connectivity index (χ0n) is 19.2. The van der Waals surface area contributed by atoms with Gasteiger partial charge in [0.15, 0.2) is 9.84 Å². The highest BCUT2D eigenvalue weighted by atomic mass is 32.2. The van der Waals surface area contributed by atoms with Crippen LogP contribution in [0.4, 0.5) is 4.79 Å². The average Bonchev–Trinajstić information content (AvgIpc) is 3.20. The third kappa shape index (κ3) is 4.93. The Morgan fingerprint density at radius 1 is 0.969 bits per heavy atom. The van der Waals surface area contributed by atoms with Gasteiger partial charge in [0.1, 0.15) is 11.4 Å². The van der Waals surface area contributed by atoms with Crippen molar-refractivity contribution in [1.29, 1.82) is 0 Å². The molecule has 172 valence electrons. The van der Waals surface area contributed by atoms with E-state index in [1.54, 1.807) is 12.1 Å². The van der Waals surface area contributed by atoms with Crippen molar-refractivity contribution in [3.05, 3.63) is 48.5 Å². The number of likely N-dealkylation sites (tertiary alicyclic amines) is 1. The molecule has 0 N–H and O–H groups in total. The van der Waals surface area contributed by atoms with Crippen molar-refractivity contribution >= 4 is 15.9 Å². The largest absolute Gasteiger partial charge is 0.490 e. The smallest absolute Gasteiger partial charge is 0.410 e. The van der Waals surface area contributed by atoms with Crippen LogP contribution in [0, 0.1) is 17.8 Å². The Kier molecular flexibility index (Phi) is 5.74. The monoisotopic (exact) mass is 457 g/mol. The maximum atomic E-state index is 12.3. The molecule has 7 heteroatoms. The fourth-order valence-corrected chi connectivity index (χ4v) is 5.29. The molecular weight excluding hydrogens is 426 g/mol. The maximum absolute atomic E-state index is 12.3. The maximum Gasteiger partial charge on any atom is 0.410 e. The van der Waals surface area contributed by atoms with E-state index in [0.29, 0.717) is 22.6 Å². The van der Waals surface area contributed by atoms with Gasteiger partial charge in [-0.3, -0.25) is 0 Å². The lowest BCUT2D eigenvalue weighted by Crippen LogP contribution is -2.38. The molecule has 4 rings (SSSR count). The third-order valence-corrected chi connectivity index (χ3v) is 7.37. The van der Waals surface area contributed by atoms with Gasteiger partial charge in [-0.2, -0.15) is 0 Å². The summed E-state index contributed by atoms with van der Waals surface area (Å²) in [5.41, 5.74) is 1.49. The van der Waals surface area contributed by atoms with Crippen molar-refractivity contribution in [1.82, 2.24) is 4.90 Å². The van der Waals surface area contributed by atoms with Gasteiger partial charge in [-0.25, -0.2) is 13.2 Å². The van der Waals surface area contributed by atoms with Crippen LogP contribution in [0.3, 0.4) is 0 Å². The molecule has 32 heavy (non-hydrogen) atoms. The minimum absolute atomic E-state index is 0.0747. The molecule has 1 aliphatic heterocycles. The quantitative estimate of drug-likeness (QED) is 0.654. The average molecular weight is 458 g/mol. The fraction of sp³-hybridized carbons (Fsp3) is 0.480. The Hall–Kier alpha value is -2.54. The third-order valence-electron chi connectivity index (χ3n) is 6.25. The van der Waals surface area contributed by atoms with Crippen LogP contribution in [0.1, 0.15) is 27.7 Å². The Balaban J connectivity index is 1.31. The molecule has 2 aromatic carbocycles. The second-order valence-electron chi connectivity index (χ2n) is 9.93. The summed E-state index contributed by atoms with van der Waals surface area (Å²) in [4.78, 5) is 14.4. The van der Waals surface area contributed by atoms with Crippen molar-refractivity contribution in [2.75, 3.05) is 19.3 Å². The van der Waals surface area contributed by atoms with Gasteiger partial charge < -0.3 is 14.4 Å². The molecular formula is C25H31NO5S. The van der Waals surface area contributed by atoms with Gasteiger partial charge >= 0.3 is 6.09 Å². The first-order chi connectivity index (χ1) is 14.9. The number of hydrogen-bond donors (Lipinski definition) is 0. The molecule has 0 radical (unpaired) electrons. The van der Waals surface area contributed by atoms with Crippen LogP contribution in [0.15, 0.2) is 53.4 Å². The molecule has 2 aliphatic rings. The van der Waals surface area contributed by atoms with E-state index in [4.69, 9.17) is 9.47 Å². The van der Waals surface area contributed by atoms with Crippen molar-refractivity contribution < 1.29 is 22.7 Å². The summed E-state index contributed by atoms with van der Waals surface area (Å²) in [6.45, 7) is 9.22. The van der Waals surface area contributed by atoms with Crippen LogP contribution in [-0.2, 0) is 14.6 Å². The van der Waals surface area contributed by atoms with Crippen LogP contribution in [0.25, 0.3) is 11.1 Å². The minimum atomic E-state index is -3.20. The highest BCUT2D eigenvalue weighted by Gasteiger charge is 2.59. The first-order valence-electron chi connectivity index (χ1n) is 11.0. The van der Waals surface area contributed by atoms with E-state index in [0.717, 1.165) is 30.0 Å². The summed E-state index contributed by atoms with van der Waals surface area (Å²) in [5, 5.41) is 0. The standard InChI is InChI=1S/C25H31NO5S/c1-16(23-21-14-26(15-22(21)23)24(27)31-25(2,3)4)30-19-10-6-17(7-11-19)18-8-12-20(13-9-18)32(5,28)29/h6-13,16,21-23H,14-15H2,1-5H3/t16?,21-,22?,23+/m0/s1. The van der Waals surface area contributed by atoms with Crippen LogP contribution in [-0.4, -0.2) is 50.5 Å². The SMILES string of the molecule is CC(Oc1ccc(-c2ccc(S(C)(=O)=O)cc2)cc1)[C@H]1C2CN(C(=O)OC(C)(C)C)C[C@@H]21. The molecule has 2 aromatic rings. The first kappa shape index (κ1) is 22.6. The lowest BCUT2D eigenvalue weighted by atomic mass is 10.1. The van der Waals surface area contributed by atoms with Gasteiger partial charge in [0.25, 0.3) is 0 Å². The lowest BCUT2D eigenvalue weighted by Gasteiger charge is -2.26. The van der Waals surface area contributed by atoms with Gasteiger partial charge in [0.05, 0.1) is 11.0 Å². The van der Waals surface area contributed by atoms with Gasteiger partial charge in [0.2, 0.25) is 0 Å². The number of carbonyl (C=O) groups excluding carboxylic acids is 1. The van der Waals surface area contributed by atoms with E-state index in [2.05, 4.69) is 6.92 Å². The first-order valence-corrected chi connectivity index (χ1v) is 12.9. The molecule has 1 aliphatic carbocycles. The number of piperidine rings is 1. The summed E-state index contributed by atoms with van der Waals surface area (Å²) in [7, 11) is -3.20. The van der Waals surface area contributed by atoms with Gasteiger partial charge in [-0.15, -0.1) is 0 Å². The number of fused-ring (bicyclic) bond motifs is 1. The van der Waals surface area contributed by atoms with E-state index in [1.807, 2.05) is 62.1 Å². The zero-order valence-corrected chi connectivity index (χ0v) is 20.1. The summed E-state index contributed by atoms with van der Waals surface area (Å²) in [6, 6.07) is 14.7. The van der Waals surface area contributed by atoms with E-state index >= 15 is 0 Å². The summed E-state index contributed by atoms with van der Waals surface area (Å²) in [6.07, 6.45) is 1.06. The fourth-order valence-electron chi connectivity index (χ4n) is 4.66. The molecule has 4 atom stereocenters. The number of benzene rings is 2. The molecule has 1 saturated heterocycles.